The predicted octanol–water partition coefficient (Wildman–Crippen LogP) is 5.17. The number of anilines is 1. The maximum absolute atomic E-state index is 13.4. The Morgan fingerprint density at radius 3 is 2.43 bits per heavy atom. The fourth-order valence-corrected chi connectivity index (χ4v) is 4.87. The third-order valence-corrected chi connectivity index (χ3v) is 6.75. The van der Waals surface area contributed by atoms with Crippen LogP contribution >= 0.6 is 11.8 Å². The van der Waals surface area contributed by atoms with Gasteiger partial charge in [0.2, 0.25) is 11.8 Å². The molecule has 1 fully saturated rings. The molecule has 3 aromatic rings. The van der Waals surface area contributed by atoms with E-state index in [1.807, 2.05) is 61.5 Å². The van der Waals surface area contributed by atoms with Crippen molar-refractivity contribution < 1.29 is 19.1 Å². The van der Waals surface area contributed by atoms with E-state index in [-0.39, 0.29) is 18.2 Å². The van der Waals surface area contributed by atoms with E-state index in [4.69, 9.17) is 14.5 Å². The number of nitrogens with zero attached hydrogens (tertiary/aromatic N) is 2. The molecule has 1 aliphatic heterocycles. The lowest BCUT2D eigenvalue weighted by Crippen LogP contribution is -2.33. The Labute approximate surface area is 209 Å². The van der Waals surface area contributed by atoms with Gasteiger partial charge < -0.3 is 14.8 Å². The van der Waals surface area contributed by atoms with Crippen LogP contribution in [0.1, 0.15) is 17.5 Å². The van der Waals surface area contributed by atoms with Gasteiger partial charge in [-0.3, -0.25) is 14.5 Å². The number of thioether (sulfide) groups is 1. The topological polar surface area (TPSA) is 80.2 Å². The second-order valence-corrected chi connectivity index (χ2v) is 9.19. The van der Waals surface area contributed by atoms with Gasteiger partial charge in [0.1, 0.15) is 5.25 Å². The molecular formula is C27H27N3O4S. The van der Waals surface area contributed by atoms with E-state index in [0.29, 0.717) is 28.9 Å². The van der Waals surface area contributed by atoms with Crippen LogP contribution in [0.15, 0.2) is 77.8 Å². The third-order valence-electron chi connectivity index (χ3n) is 5.57. The van der Waals surface area contributed by atoms with Crippen LogP contribution in [-0.2, 0) is 16.1 Å². The Hall–Kier alpha value is -3.78. The molecule has 1 unspecified atom stereocenters. The molecule has 7 nitrogen and oxygen atoms in total. The first kappa shape index (κ1) is 24.3. The van der Waals surface area contributed by atoms with Gasteiger partial charge in [-0.25, -0.2) is 4.99 Å². The van der Waals surface area contributed by atoms with Gasteiger partial charge in [0.05, 0.1) is 26.5 Å². The van der Waals surface area contributed by atoms with E-state index in [0.717, 1.165) is 16.8 Å². The SMILES string of the molecule is COc1ccc(NC(=O)CC2SC(=Nc3ccccc3C)N(Cc3ccccc3)C2=O)cc1OC. The second-order valence-electron chi connectivity index (χ2n) is 8.02. The first-order chi connectivity index (χ1) is 17.0. The molecule has 0 radical (unpaired) electrons. The Balaban J connectivity index is 1.53. The van der Waals surface area contributed by atoms with Gasteiger partial charge in [-0.15, -0.1) is 0 Å². The van der Waals surface area contributed by atoms with Crippen LogP contribution < -0.4 is 14.8 Å². The van der Waals surface area contributed by atoms with Crippen molar-refractivity contribution in [2.24, 2.45) is 4.99 Å². The molecule has 1 N–H and O–H groups in total. The molecule has 1 aliphatic rings. The van der Waals surface area contributed by atoms with Gasteiger partial charge in [-0.05, 0) is 36.2 Å². The highest BCUT2D eigenvalue weighted by Gasteiger charge is 2.39. The van der Waals surface area contributed by atoms with E-state index < -0.39 is 5.25 Å². The minimum Gasteiger partial charge on any atom is -0.493 e. The Bertz CT molecular complexity index is 1250. The summed E-state index contributed by atoms with van der Waals surface area (Å²) < 4.78 is 10.5. The number of hydrogen-bond donors (Lipinski definition) is 1. The minimum atomic E-state index is -0.568. The molecule has 3 aromatic carbocycles. The number of ether oxygens (including phenoxy) is 2. The Morgan fingerprint density at radius 1 is 1.00 bits per heavy atom. The van der Waals surface area contributed by atoms with Crippen LogP contribution in [0.3, 0.4) is 0 Å². The molecular weight excluding hydrogens is 462 g/mol. The lowest BCUT2D eigenvalue weighted by molar-refractivity contribution is -0.128. The zero-order chi connectivity index (χ0) is 24.8. The molecule has 0 spiro atoms. The number of aliphatic imine (C=N–C) groups is 1. The van der Waals surface area contributed by atoms with Gasteiger partial charge in [0.15, 0.2) is 16.7 Å². The molecule has 0 bridgehead atoms. The summed E-state index contributed by atoms with van der Waals surface area (Å²) in [7, 11) is 3.09. The average Bonchev–Trinajstić information content (AvgIpc) is 3.14. The number of amides is 2. The number of para-hydroxylation sites is 1. The van der Waals surface area contributed by atoms with Crippen molar-refractivity contribution >= 4 is 40.1 Å². The summed E-state index contributed by atoms with van der Waals surface area (Å²) in [6.07, 6.45) is 0.0237. The molecule has 180 valence electrons. The fourth-order valence-electron chi connectivity index (χ4n) is 3.72. The number of aryl methyl sites for hydroxylation is 1. The normalized spacial score (nSPS) is 16.4. The molecule has 35 heavy (non-hydrogen) atoms. The van der Waals surface area contributed by atoms with E-state index in [1.165, 1.54) is 18.9 Å². The quantitative estimate of drug-likeness (QED) is 0.472. The summed E-state index contributed by atoms with van der Waals surface area (Å²) in [5.41, 5.74) is 3.38. The minimum absolute atomic E-state index is 0.0237. The van der Waals surface area contributed by atoms with E-state index in [2.05, 4.69) is 5.32 Å². The van der Waals surface area contributed by atoms with Gasteiger partial charge in [-0.1, -0.05) is 60.3 Å². The molecule has 2 amide bonds. The number of carbonyl (C=O) groups is 2. The van der Waals surface area contributed by atoms with Crippen molar-refractivity contribution in [2.75, 3.05) is 19.5 Å². The Kier molecular flexibility index (Phi) is 7.72. The summed E-state index contributed by atoms with van der Waals surface area (Å²) in [6.45, 7) is 2.38. The zero-order valence-corrected chi connectivity index (χ0v) is 20.7. The Morgan fingerprint density at radius 2 is 1.71 bits per heavy atom. The highest BCUT2D eigenvalue weighted by atomic mass is 32.2. The fraction of sp³-hybridized carbons (Fsp3) is 0.222. The predicted molar refractivity (Wildman–Crippen MR) is 139 cm³/mol. The van der Waals surface area contributed by atoms with Gasteiger partial charge in [-0.2, -0.15) is 0 Å². The van der Waals surface area contributed by atoms with Crippen LogP contribution in [0, 0.1) is 6.92 Å². The highest BCUT2D eigenvalue weighted by molar-refractivity contribution is 8.15. The smallest absolute Gasteiger partial charge is 0.242 e. The molecule has 8 heteroatoms. The van der Waals surface area contributed by atoms with Gasteiger partial charge >= 0.3 is 0 Å². The lowest BCUT2D eigenvalue weighted by Gasteiger charge is -2.17. The third kappa shape index (κ3) is 5.84. The standard InChI is InChI=1S/C27H27N3O4S/c1-18-9-7-8-12-21(18)29-27-30(17-19-10-5-4-6-11-19)26(32)24(35-27)16-25(31)28-20-13-14-22(33-2)23(15-20)34-3/h4-15,24H,16-17H2,1-3H3,(H,28,31). The number of nitrogens with one attached hydrogen (secondary N) is 1. The second kappa shape index (κ2) is 11.1. The average molecular weight is 490 g/mol. The molecule has 1 saturated heterocycles. The van der Waals surface area contributed by atoms with Gasteiger partial charge in [0.25, 0.3) is 0 Å². The maximum atomic E-state index is 13.4. The van der Waals surface area contributed by atoms with Crippen LogP contribution in [0.5, 0.6) is 11.5 Å². The lowest BCUT2D eigenvalue weighted by atomic mass is 10.2. The number of amidine groups is 1. The number of carbonyl (C=O) groups excluding carboxylic acids is 2. The van der Waals surface area contributed by atoms with Crippen LogP contribution in [0.25, 0.3) is 0 Å². The first-order valence-corrected chi connectivity index (χ1v) is 12.0. The molecule has 1 atom stereocenters. The summed E-state index contributed by atoms with van der Waals surface area (Å²) in [4.78, 5) is 32.7. The van der Waals surface area contributed by atoms with Crippen molar-refractivity contribution in [3.63, 3.8) is 0 Å². The van der Waals surface area contributed by atoms with Crippen LogP contribution in [0.2, 0.25) is 0 Å². The van der Waals surface area contributed by atoms with E-state index >= 15 is 0 Å². The highest BCUT2D eigenvalue weighted by Crippen LogP contribution is 2.34. The molecule has 0 aromatic heterocycles. The molecule has 1 heterocycles. The summed E-state index contributed by atoms with van der Waals surface area (Å²) in [5, 5.41) is 2.88. The van der Waals surface area contributed by atoms with E-state index in [1.54, 1.807) is 30.2 Å². The zero-order valence-electron chi connectivity index (χ0n) is 19.9. The summed E-state index contributed by atoms with van der Waals surface area (Å²) >= 11 is 1.32. The first-order valence-electron chi connectivity index (χ1n) is 11.2. The molecule has 4 rings (SSSR count). The largest absolute Gasteiger partial charge is 0.493 e. The van der Waals surface area contributed by atoms with Crippen LogP contribution in [0.4, 0.5) is 11.4 Å². The van der Waals surface area contributed by atoms with Gasteiger partial charge in [0, 0.05) is 18.2 Å². The number of hydrogen-bond acceptors (Lipinski definition) is 6. The van der Waals surface area contributed by atoms with Crippen molar-refractivity contribution in [1.82, 2.24) is 4.90 Å². The number of methoxy groups -OCH3 is 2. The summed E-state index contributed by atoms with van der Waals surface area (Å²) in [5.74, 6) is 0.687. The number of benzene rings is 3. The van der Waals surface area contributed by atoms with Crippen molar-refractivity contribution in [2.45, 2.75) is 25.1 Å². The summed E-state index contributed by atoms with van der Waals surface area (Å²) in [6, 6.07) is 22.7. The number of rotatable bonds is 8. The van der Waals surface area contributed by atoms with Crippen molar-refractivity contribution in [3.8, 4) is 11.5 Å². The van der Waals surface area contributed by atoms with Crippen molar-refractivity contribution in [3.05, 3.63) is 83.9 Å². The van der Waals surface area contributed by atoms with Crippen molar-refractivity contribution in [1.29, 1.82) is 0 Å². The van der Waals surface area contributed by atoms with Crippen LogP contribution in [-0.4, -0.2) is 41.4 Å². The molecule has 0 aliphatic carbocycles. The maximum Gasteiger partial charge on any atom is 0.242 e. The monoisotopic (exact) mass is 489 g/mol. The molecule has 0 saturated carbocycles. The van der Waals surface area contributed by atoms with E-state index in [9.17, 15) is 9.59 Å².